The topological polar surface area (TPSA) is 23.5 Å². The molecule has 0 saturated carbocycles. The maximum absolute atomic E-state index is 13.1. The number of aliphatic hydroxyl groups is 1. The van der Waals surface area contributed by atoms with Gasteiger partial charge in [-0.2, -0.15) is 0 Å². The summed E-state index contributed by atoms with van der Waals surface area (Å²) in [5, 5.41) is 10.1. The van der Waals surface area contributed by atoms with E-state index in [1.54, 1.807) is 0 Å². The predicted molar refractivity (Wildman–Crippen MR) is 65.8 cm³/mol. The third-order valence-electron chi connectivity index (χ3n) is 3.26. The van der Waals surface area contributed by atoms with Crippen LogP contribution >= 0.6 is 0 Å². The molecule has 2 nitrogen and oxygen atoms in total. The molecule has 1 aromatic rings. The Morgan fingerprint density at radius 3 is 2.56 bits per heavy atom. The van der Waals surface area contributed by atoms with Crippen LogP contribution in [0, 0.1) is 23.5 Å². The second-order valence-electron chi connectivity index (χ2n) is 5.28. The average Bonchev–Trinajstić information content (AvgIpc) is 2.25. The molecule has 0 bridgehead atoms. The van der Waals surface area contributed by atoms with Gasteiger partial charge in [0.1, 0.15) is 0 Å². The zero-order valence-corrected chi connectivity index (χ0v) is 10.7. The molecule has 1 aromatic carbocycles. The van der Waals surface area contributed by atoms with Crippen LogP contribution in [0.25, 0.3) is 0 Å². The van der Waals surface area contributed by atoms with Crippen molar-refractivity contribution in [2.45, 2.75) is 20.0 Å². The number of hydrogen-bond acceptors (Lipinski definition) is 2. The number of rotatable bonds is 4. The lowest BCUT2D eigenvalue weighted by molar-refractivity contribution is -0.00268. The highest BCUT2D eigenvalue weighted by atomic mass is 19.2. The molecular weight excluding hydrogens is 236 g/mol. The summed E-state index contributed by atoms with van der Waals surface area (Å²) in [6, 6.07) is 3.59. The summed E-state index contributed by atoms with van der Waals surface area (Å²) in [4.78, 5) is 2.23. The zero-order valence-electron chi connectivity index (χ0n) is 10.7. The molecule has 0 amide bonds. The molecule has 1 fully saturated rings. The summed E-state index contributed by atoms with van der Waals surface area (Å²) in [5.41, 5.74) is 0.454. The first-order valence-corrected chi connectivity index (χ1v) is 6.11. The molecule has 1 aliphatic rings. The Balaban J connectivity index is 1.93. The van der Waals surface area contributed by atoms with Crippen LogP contribution in [0.4, 0.5) is 8.78 Å². The van der Waals surface area contributed by atoms with Gasteiger partial charge in [-0.15, -0.1) is 0 Å². The molecule has 0 spiro atoms. The first kappa shape index (κ1) is 13.4. The Labute approximate surface area is 106 Å². The van der Waals surface area contributed by atoms with E-state index in [-0.39, 0.29) is 5.92 Å². The Hall–Kier alpha value is -1.00. The van der Waals surface area contributed by atoms with Gasteiger partial charge in [0, 0.05) is 25.6 Å². The minimum Gasteiger partial charge on any atom is -0.388 e. The summed E-state index contributed by atoms with van der Waals surface area (Å²) >= 11 is 0. The quantitative estimate of drug-likeness (QED) is 0.892. The van der Waals surface area contributed by atoms with E-state index in [0.717, 1.165) is 31.8 Å². The second kappa shape index (κ2) is 5.33. The lowest BCUT2D eigenvalue weighted by Crippen LogP contribution is -2.50. The van der Waals surface area contributed by atoms with Crippen LogP contribution in [0.15, 0.2) is 18.2 Å². The van der Waals surface area contributed by atoms with E-state index in [0.29, 0.717) is 5.56 Å². The molecule has 99 valence electrons. The molecule has 0 aliphatic carbocycles. The van der Waals surface area contributed by atoms with Crippen LogP contribution in [0.3, 0.4) is 0 Å². The van der Waals surface area contributed by atoms with Crippen molar-refractivity contribution in [1.82, 2.24) is 4.90 Å². The fraction of sp³-hybridized carbons (Fsp3) is 0.500. The van der Waals surface area contributed by atoms with E-state index in [4.69, 9.17) is 0 Å². The van der Waals surface area contributed by atoms with E-state index in [2.05, 4.69) is 18.7 Å². The highest BCUT2D eigenvalue weighted by Crippen LogP contribution is 2.31. The van der Waals surface area contributed by atoms with Crippen molar-refractivity contribution in [1.29, 1.82) is 0 Å². The van der Waals surface area contributed by atoms with Gasteiger partial charge >= 0.3 is 0 Å². The Kier molecular flexibility index (Phi) is 3.97. The Bertz CT molecular complexity index is 416. The standard InChI is InChI=1S/C14H18F2NO/c1-9(2)6-17-7-11(8-17)14(18)10-3-4-12(15)13(16)5-10/h3-5,11,14,18H,6-8H2,1-2H3. The van der Waals surface area contributed by atoms with Crippen LogP contribution in [-0.4, -0.2) is 29.6 Å². The minimum atomic E-state index is -0.902. The van der Waals surface area contributed by atoms with Crippen molar-refractivity contribution in [3.8, 4) is 0 Å². The highest BCUT2D eigenvalue weighted by Gasteiger charge is 2.33. The van der Waals surface area contributed by atoms with Crippen LogP contribution in [0.2, 0.25) is 0 Å². The molecule has 1 unspecified atom stereocenters. The van der Waals surface area contributed by atoms with Gasteiger partial charge in [-0.1, -0.05) is 19.9 Å². The summed E-state index contributed by atoms with van der Waals surface area (Å²) < 4.78 is 25.9. The number of halogens is 2. The normalized spacial score (nSPS) is 19.0. The van der Waals surface area contributed by atoms with Crippen molar-refractivity contribution < 1.29 is 13.9 Å². The average molecular weight is 254 g/mol. The highest BCUT2D eigenvalue weighted by molar-refractivity contribution is 5.21. The van der Waals surface area contributed by atoms with Gasteiger partial charge in [-0.3, -0.25) is 0 Å². The smallest absolute Gasteiger partial charge is 0.159 e. The maximum Gasteiger partial charge on any atom is 0.159 e. The van der Waals surface area contributed by atoms with Crippen molar-refractivity contribution in [3.05, 3.63) is 41.3 Å². The number of aliphatic hydroxyl groups excluding tert-OH is 1. The number of likely N-dealkylation sites (tertiary alicyclic amines) is 1. The van der Waals surface area contributed by atoms with Gasteiger partial charge in [0.2, 0.25) is 0 Å². The predicted octanol–water partition coefficient (Wildman–Crippen LogP) is 2.54. The minimum absolute atomic E-state index is 0.106. The van der Waals surface area contributed by atoms with Crippen molar-refractivity contribution in [2.24, 2.45) is 5.92 Å². The number of hydrogen-bond donors (Lipinski definition) is 1. The van der Waals surface area contributed by atoms with Crippen LogP contribution in [0.5, 0.6) is 0 Å². The SMILES string of the molecule is C[C](C)CN1CC(C(O)c2ccc(F)c(F)c2)C1. The number of benzene rings is 1. The van der Waals surface area contributed by atoms with E-state index < -0.39 is 17.7 Å². The third kappa shape index (κ3) is 2.87. The molecule has 2 rings (SSSR count). The molecular formula is C14H18F2NO. The third-order valence-corrected chi connectivity index (χ3v) is 3.26. The van der Waals surface area contributed by atoms with E-state index in [1.807, 2.05) is 0 Å². The molecule has 1 radical (unpaired) electrons. The second-order valence-corrected chi connectivity index (χ2v) is 5.28. The molecule has 1 aliphatic heterocycles. The molecule has 1 heterocycles. The van der Waals surface area contributed by atoms with Crippen molar-refractivity contribution in [3.63, 3.8) is 0 Å². The molecule has 18 heavy (non-hydrogen) atoms. The summed E-state index contributed by atoms with van der Waals surface area (Å²) in [5.74, 6) is -0.345. The van der Waals surface area contributed by atoms with Gasteiger partial charge in [0.05, 0.1) is 6.10 Å². The van der Waals surface area contributed by atoms with Crippen LogP contribution in [0.1, 0.15) is 25.5 Å². The van der Waals surface area contributed by atoms with Gasteiger partial charge in [0.15, 0.2) is 11.6 Å². The molecule has 1 saturated heterocycles. The fourth-order valence-corrected chi connectivity index (χ4v) is 2.35. The lowest BCUT2D eigenvalue weighted by atomic mass is 9.88. The molecule has 1 N–H and O–H groups in total. The summed E-state index contributed by atoms with van der Waals surface area (Å²) in [6.45, 7) is 6.66. The summed E-state index contributed by atoms with van der Waals surface area (Å²) in [6.07, 6.45) is -0.714. The fourth-order valence-electron chi connectivity index (χ4n) is 2.35. The van der Waals surface area contributed by atoms with Crippen LogP contribution < -0.4 is 0 Å². The van der Waals surface area contributed by atoms with Crippen LogP contribution in [-0.2, 0) is 0 Å². The van der Waals surface area contributed by atoms with Gasteiger partial charge in [-0.05, 0) is 23.6 Å². The van der Waals surface area contributed by atoms with Crippen molar-refractivity contribution in [2.75, 3.05) is 19.6 Å². The maximum atomic E-state index is 13.1. The van der Waals surface area contributed by atoms with E-state index in [9.17, 15) is 13.9 Å². The lowest BCUT2D eigenvalue weighted by Gasteiger charge is -2.42. The molecule has 0 aromatic heterocycles. The molecule has 1 atom stereocenters. The van der Waals surface area contributed by atoms with Gasteiger partial charge < -0.3 is 10.0 Å². The number of nitrogens with zero attached hydrogens (tertiary/aromatic N) is 1. The van der Waals surface area contributed by atoms with Crippen molar-refractivity contribution >= 4 is 0 Å². The van der Waals surface area contributed by atoms with E-state index >= 15 is 0 Å². The monoisotopic (exact) mass is 254 g/mol. The van der Waals surface area contributed by atoms with E-state index in [1.165, 1.54) is 12.0 Å². The Morgan fingerprint density at radius 1 is 1.33 bits per heavy atom. The largest absolute Gasteiger partial charge is 0.388 e. The first-order chi connectivity index (χ1) is 8.47. The Morgan fingerprint density at radius 2 is 2.00 bits per heavy atom. The van der Waals surface area contributed by atoms with Gasteiger partial charge in [0.25, 0.3) is 0 Å². The molecule has 4 heteroatoms. The summed E-state index contributed by atoms with van der Waals surface area (Å²) in [7, 11) is 0. The van der Waals surface area contributed by atoms with Gasteiger partial charge in [-0.25, -0.2) is 8.78 Å². The zero-order chi connectivity index (χ0) is 13.3. The first-order valence-electron chi connectivity index (χ1n) is 6.11.